The van der Waals surface area contributed by atoms with Gasteiger partial charge in [0.25, 0.3) is 0 Å². The summed E-state index contributed by atoms with van der Waals surface area (Å²) in [6.45, 7) is 11.5. The first-order valence-electron chi connectivity index (χ1n) is 4.96. The molecule has 0 unspecified atom stereocenters. The number of hydrogen-bond acceptors (Lipinski definition) is 1. The summed E-state index contributed by atoms with van der Waals surface area (Å²) < 4.78 is 0. The minimum atomic E-state index is 0.719. The molecule has 0 bridgehead atoms. The van der Waals surface area contributed by atoms with Gasteiger partial charge in [0.05, 0.1) is 0 Å². The maximum atomic E-state index is 2.52. The standard InChI is InChI=1S/C10H23N/c1-5-7-8-9-11(6-2)10(3)4/h10H,5-9H2,1-4H3. The predicted molar refractivity (Wildman–Crippen MR) is 51.9 cm³/mol. The van der Waals surface area contributed by atoms with Gasteiger partial charge in [0.2, 0.25) is 0 Å². The third-order valence-corrected chi connectivity index (χ3v) is 2.19. The molecule has 0 aliphatic carbocycles. The van der Waals surface area contributed by atoms with Crippen molar-refractivity contribution in [2.24, 2.45) is 0 Å². The van der Waals surface area contributed by atoms with Gasteiger partial charge in [-0.25, -0.2) is 0 Å². The minimum Gasteiger partial charge on any atom is -0.301 e. The van der Waals surface area contributed by atoms with E-state index in [4.69, 9.17) is 0 Å². The van der Waals surface area contributed by atoms with E-state index >= 15 is 0 Å². The van der Waals surface area contributed by atoms with Crippen molar-refractivity contribution in [3.8, 4) is 0 Å². The van der Waals surface area contributed by atoms with Crippen LogP contribution in [0.5, 0.6) is 0 Å². The van der Waals surface area contributed by atoms with Crippen LogP contribution in [-0.2, 0) is 0 Å². The maximum Gasteiger partial charge on any atom is 0.00384 e. The van der Waals surface area contributed by atoms with Crippen LogP contribution in [0.4, 0.5) is 0 Å². The molecule has 0 atom stereocenters. The molecule has 0 aromatic heterocycles. The molecule has 11 heavy (non-hydrogen) atoms. The van der Waals surface area contributed by atoms with Gasteiger partial charge in [-0.2, -0.15) is 0 Å². The third-order valence-electron chi connectivity index (χ3n) is 2.19. The molecule has 0 saturated carbocycles. The quantitative estimate of drug-likeness (QED) is 0.536. The SMILES string of the molecule is CCCCCN(CC)C(C)C. The van der Waals surface area contributed by atoms with Gasteiger partial charge in [0, 0.05) is 6.04 Å². The molecule has 1 heteroatoms. The van der Waals surface area contributed by atoms with E-state index in [0.29, 0.717) is 0 Å². The Morgan fingerprint density at radius 2 is 1.73 bits per heavy atom. The summed E-state index contributed by atoms with van der Waals surface area (Å²) >= 11 is 0. The molecule has 0 N–H and O–H groups in total. The van der Waals surface area contributed by atoms with Crippen LogP contribution in [0.15, 0.2) is 0 Å². The van der Waals surface area contributed by atoms with E-state index in [0.717, 1.165) is 6.04 Å². The van der Waals surface area contributed by atoms with Crippen LogP contribution in [0.3, 0.4) is 0 Å². The van der Waals surface area contributed by atoms with E-state index in [9.17, 15) is 0 Å². The van der Waals surface area contributed by atoms with Gasteiger partial charge < -0.3 is 4.90 Å². The fourth-order valence-corrected chi connectivity index (χ4v) is 1.35. The summed E-state index contributed by atoms with van der Waals surface area (Å²) in [6.07, 6.45) is 4.07. The average molecular weight is 157 g/mol. The molecule has 0 radical (unpaired) electrons. The molecule has 0 saturated heterocycles. The van der Waals surface area contributed by atoms with E-state index in [2.05, 4.69) is 32.6 Å². The van der Waals surface area contributed by atoms with Crippen LogP contribution in [0.25, 0.3) is 0 Å². The highest BCUT2D eigenvalue weighted by molar-refractivity contribution is 4.59. The molecule has 0 aliphatic heterocycles. The van der Waals surface area contributed by atoms with Crippen LogP contribution in [-0.4, -0.2) is 24.0 Å². The van der Waals surface area contributed by atoms with E-state index in [1.807, 2.05) is 0 Å². The van der Waals surface area contributed by atoms with Crippen molar-refractivity contribution < 1.29 is 0 Å². The molecule has 0 fully saturated rings. The first-order chi connectivity index (χ1) is 5.22. The van der Waals surface area contributed by atoms with Crippen molar-refractivity contribution in [1.29, 1.82) is 0 Å². The first-order valence-corrected chi connectivity index (χ1v) is 4.96. The predicted octanol–water partition coefficient (Wildman–Crippen LogP) is 2.91. The van der Waals surface area contributed by atoms with Gasteiger partial charge in [-0.15, -0.1) is 0 Å². The summed E-state index contributed by atoms with van der Waals surface area (Å²) in [4.78, 5) is 2.52. The van der Waals surface area contributed by atoms with Gasteiger partial charge in [0.15, 0.2) is 0 Å². The zero-order chi connectivity index (χ0) is 8.69. The lowest BCUT2D eigenvalue weighted by atomic mass is 10.2. The minimum absolute atomic E-state index is 0.719. The fraction of sp³-hybridized carbons (Fsp3) is 1.00. The van der Waals surface area contributed by atoms with E-state index in [-0.39, 0.29) is 0 Å². The van der Waals surface area contributed by atoms with Crippen LogP contribution in [0.1, 0.15) is 47.0 Å². The first kappa shape index (κ1) is 11.0. The normalized spacial score (nSPS) is 11.5. The van der Waals surface area contributed by atoms with E-state index in [1.165, 1.54) is 32.4 Å². The van der Waals surface area contributed by atoms with Crippen molar-refractivity contribution >= 4 is 0 Å². The second-order valence-electron chi connectivity index (χ2n) is 3.43. The highest BCUT2D eigenvalue weighted by Gasteiger charge is 2.04. The number of rotatable bonds is 6. The highest BCUT2D eigenvalue weighted by atomic mass is 15.1. The molecule has 1 nitrogen and oxygen atoms in total. The van der Waals surface area contributed by atoms with Crippen molar-refractivity contribution in [2.45, 2.75) is 53.0 Å². The zero-order valence-corrected chi connectivity index (χ0v) is 8.56. The molecule has 68 valence electrons. The summed E-state index contributed by atoms with van der Waals surface area (Å²) in [5.41, 5.74) is 0. The largest absolute Gasteiger partial charge is 0.301 e. The molecule has 0 aliphatic rings. The molecular formula is C10H23N. The van der Waals surface area contributed by atoms with Crippen molar-refractivity contribution in [1.82, 2.24) is 4.90 Å². The molecule has 0 spiro atoms. The highest BCUT2D eigenvalue weighted by Crippen LogP contribution is 2.01. The second kappa shape index (κ2) is 6.66. The van der Waals surface area contributed by atoms with Gasteiger partial charge in [-0.3, -0.25) is 0 Å². The number of hydrogen-bond donors (Lipinski definition) is 0. The lowest BCUT2D eigenvalue weighted by Crippen LogP contribution is -2.31. The lowest BCUT2D eigenvalue weighted by molar-refractivity contribution is 0.229. The molecule has 0 rings (SSSR count). The van der Waals surface area contributed by atoms with E-state index < -0.39 is 0 Å². The molecule has 0 aromatic carbocycles. The summed E-state index contributed by atoms with van der Waals surface area (Å²) in [5, 5.41) is 0. The average Bonchev–Trinajstić information content (AvgIpc) is 1.97. The lowest BCUT2D eigenvalue weighted by Gasteiger charge is -2.24. The Morgan fingerprint density at radius 1 is 1.09 bits per heavy atom. The Kier molecular flexibility index (Phi) is 6.63. The third kappa shape index (κ3) is 5.25. The van der Waals surface area contributed by atoms with Crippen LogP contribution < -0.4 is 0 Å². The summed E-state index contributed by atoms with van der Waals surface area (Å²) in [7, 11) is 0. The van der Waals surface area contributed by atoms with Gasteiger partial charge >= 0.3 is 0 Å². The molecule has 0 heterocycles. The van der Waals surface area contributed by atoms with Crippen molar-refractivity contribution in [2.75, 3.05) is 13.1 Å². The summed E-state index contributed by atoms with van der Waals surface area (Å²) in [5.74, 6) is 0. The van der Waals surface area contributed by atoms with Crippen molar-refractivity contribution in [3.63, 3.8) is 0 Å². The Balaban J connectivity index is 3.36. The fourth-order valence-electron chi connectivity index (χ4n) is 1.35. The Bertz CT molecular complexity index is 78.9. The zero-order valence-electron chi connectivity index (χ0n) is 8.56. The Labute approximate surface area is 71.8 Å². The smallest absolute Gasteiger partial charge is 0.00384 e. The van der Waals surface area contributed by atoms with Crippen LogP contribution >= 0.6 is 0 Å². The monoisotopic (exact) mass is 157 g/mol. The molecule has 0 amide bonds. The summed E-state index contributed by atoms with van der Waals surface area (Å²) in [6, 6.07) is 0.719. The van der Waals surface area contributed by atoms with Gasteiger partial charge in [-0.05, 0) is 33.4 Å². The van der Waals surface area contributed by atoms with Crippen LogP contribution in [0, 0.1) is 0 Å². The Hall–Kier alpha value is -0.0400. The van der Waals surface area contributed by atoms with Gasteiger partial charge in [-0.1, -0.05) is 26.7 Å². The molecular weight excluding hydrogens is 134 g/mol. The van der Waals surface area contributed by atoms with Gasteiger partial charge in [0.1, 0.15) is 0 Å². The second-order valence-corrected chi connectivity index (χ2v) is 3.43. The Morgan fingerprint density at radius 3 is 2.09 bits per heavy atom. The maximum absolute atomic E-state index is 2.52. The topological polar surface area (TPSA) is 3.24 Å². The number of unbranched alkanes of at least 4 members (excludes halogenated alkanes) is 2. The molecule has 0 aromatic rings. The van der Waals surface area contributed by atoms with Crippen molar-refractivity contribution in [3.05, 3.63) is 0 Å². The van der Waals surface area contributed by atoms with Crippen LogP contribution in [0.2, 0.25) is 0 Å². The van der Waals surface area contributed by atoms with E-state index in [1.54, 1.807) is 0 Å². The number of nitrogens with zero attached hydrogens (tertiary/aromatic N) is 1.